The first-order valence-electron chi connectivity index (χ1n) is 11.1. The van der Waals surface area contributed by atoms with Crippen molar-refractivity contribution in [2.45, 2.75) is 30.1 Å². The summed E-state index contributed by atoms with van der Waals surface area (Å²) in [5, 5.41) is 0.472. The lowest BCUT2D eigenvalue weighted by Gasteiger charge is -2.28. The first-order valence-corrected chi connectivity index (χ1v) is 13.9. The average Bonchev–Trinajstić information content (AvgIpc) is 3.56. The van der Waals surface area contributed by atoms with Crippen LogP contribution in [0, 0.1) is 5.82 Å². The molecule has 1 atom stereocenters. The molecule has 4 rings (SSSR count). The number of hydrogen-bond donors (Lipinski definition) is 0. The molecule has 1 aromatic heterocycles. The van der Waals surface area contributed by atoms with Crippen LogP contribution in [0.25, 0.3) is 0 Å². The quantitative estimate of drug-likeness (QED) is 0.273. The lowest BCUT2D eigenvalue weighted by atomic mass is 10.2. The van der Waals surface area contributed by atoms with Gasteiger partial charge in [0, 0.05) is 38.1 Å². The van der Waals surface area contributed by atoms with Gasteiger partial charge in [-0.3, -0.25) is 4.90 Å². The average molecular weight is 593 g/mol. The van der Waals surface area contributed by atoms with Crippen LogP contribution in [0.3, 0.4) is 0 Å². The van der Waals surface area contributed by atoms with Crippen LogP contribution in [0.15, 0.2) is 58.3 Å². The zero-order valence-corrected chi connectivity index (χ0v) is 22.1. The Morgan fingerprint density at radius 3 is 2.58 bits per heavy atom. The van der Waals surface area contributed by atoms with Crippen molar-refractivity contribution in [3.05, 3.63) is 69.8 Å². The number of anilines is 2. The Hall–Kier alpha value is -2.94. The Bertz CT molecular complexity index is 1390. The molecule has 2 aromatic carbocycles. The van der Waals surface area contributed by atoms with Crippen LogP contribution in [0.4, 0.5) is 29.1 Å². The molecule has 38 heavy (non-hydrogen) atoms. The number of hydrogen-bond acceptors (Lipinski definition) is 8. The third-order valence-electron chi connectivity index (χ3n) is 5.95. The fourth-order valence-electron chi connectivity index (χ4n) is 4.04. The molecular weight excluding hydrogens is 572 g/mol. The molecular formula is C23H21ClF4N4O4S2. The van der Waals surface area contributed by atoms with E-state index in [1.807, 2.05) is 30.3 Å². The number of thiazole rings is 1. The number of rotatable bonds is 8. The minimum Gasteiger partial charge on any atom is -0.369 e. The summed E-state index contributed by atoms with van der Waals surface area (Å²) in [6.45, 7) is 2.16. The number of likely N-dealkylation sites (tertiary alicyclic amines) is 1. The van der Waals surface area contributed by atoms with E-state index in [2.05, 4.69) is 14.7 Å². The van der Waals surface area contributed by atoms with Gasteiger partial charge in [-0.15, -0.1) is 11.3 Å². The molecule has 8 nitrogen and oxygen atoms in total. The fourth-order valence-corrected chi connectivity index (χ4v) is 6.22. The van der Waals surface area contributed by atoms with Crippen molar-refractivity contribution in [2.75, 3.05) is 29.5 Å². The van der Waals surface area contributed by atoms with Crippen molar-refractivity contribution in [1.29, 1.82) is 0 Å². The molecule has 1 saturated heterocycles. The highest BCUT2D eigenvalue weighted by molar-refractivity contribution is 7.92. The maximum absolute atomic E-state index is 15.4. The van der Waals surface area contributed by atoms with Gasteiger partial charge in [-0.2, -0.15) is 21.6 Å². The molecule has 1 aliphatic rings. The van der Waals surface area contributed by atoms with Crippen molar-refractivity contribution >= 4 is 50.4 Å². The Labute approximate surface area is 225 Å². The molecule has 0 saturated carbocycles. The normalized spacial score (nSPS) is 16.4. The number of likely N-dealkylation sites (N-methyl/N-ethyl adjacent to an activating group) is 1. The summed E-state index contributed by atoms with van der Waals surface area (Å²) in [4.78, 5) is 22.0. The molecule has 0 radical (unpaired) electrons. The summed E-state index contributed by atoms with van der Waals surface area (Å²) in [5.74, 6) is -4.88. The third kappa shape index (κ3) is 5.87. The van der Waals surface area contributed by atoms with E-state index in [4.69, 9.17) is 11.6 Å². The van der Waals surface area contributed by atoms with Gasteiger partial charge in [0.25, 0.3) is 10.0 Å². The number of alkyl halides is 3. The largest absolute Gasteiger partial charge is 0.493 e. The van der Waals surface area contributed by atoms with E-state index in [0.717, 1.165) is 53.4 Å². The highest BCUT2D eigenvalue weighted by Crippen LogP contribution is 2.36. The Balaban J connectivity index is 1.58. The van der Waals surface area contributed by atoms with Gasteiger partial charge in [0.2, 0.25) is 0 Å². The first-order chi connectivity index (χ1) is 17.9. The Kier molecular flexibility index (Phi) is 8.16. The predicted molar refractivity (Wildman–Crippen MR) is 134 cm³/mol. The van der Waals surface area contributed by atoms with Crippen LogP contribution >= 0.6 is 22.9 Å². The summed E-state index contributed by atoms with van der Waals surface area (Å²) in [6, 6.07) is 11.9. The number of carbonyl (C=O) groups excluding carboxylic acids is 1. The van der Waals surface area contributed by atoms with Crippen LogP contribution in [-0.4, -0.2) is 56.6 Å². The molecule has 1 fully saturated rings. The second-order valence-electron chi connectivity index (χ2n) is 8.44. The Morgan fingerprint density at radius 1 is 1.24 bits per heavy atom. The van der Waals surface area contributed by atoms with Gasteiger partial charge in [-0.25, -0.2) is 14.2 Å². The molecule has 0 bridgehead atoms. The molecule has 0 N–H and O–H groups in total. The number of halogens is 5. The topological polar surface area (TPSA) is 83.1 Å². The molecule has 0 spiro atoms. The molecule has 15 heteroatoms. The van der Waals surface area contributed by atoms with Gasteiger partial charge in [-0.05, 0) is 24.1 Å². The van der Waals surface area contributed by atoms with E-state index in [1.165, 1.54) is 6.07 Å². The number of benzene rings is 2. The minimum atomic E-state index is -5.51. The maximum atomic E-state index is 15.4. The number of carbonyl (C=O) groups is 1. The van der Waals surface area contributed by atoms with Crippen molar-refractivity contribution in [2.24, 2.45) is 0 Å². The van der Waals surface area contributed by atoms with E-state index in [0.29, 0.717) is 6.54 Å². The molecule has 3 aromatic rings. The second kappa shape index (κ2) is 11.0. The van der Waals surface area contributed by atoms with Gasteiger partial charge in [-0.1, -0.05) is 46.4 Å². The molecule has 0 aliphatic carbocycles. The third-order valence-corrected chi connectivity index (χ3v) is 8.45. The highest BCUT2D eigenvalue weighted by atomic mass is 35.5. The monoisotopic (exact) mass is 592 g/mol. The van der Waals surface area contributed by atoms with Crippen LogP contribution in [0.2, 0.25) is 5.02 Å². The van der Waals surface area contributed by atoms with E-state index in [1.54, 1.807) is 11.9 Å². The van der Waals surface area contributed by atoms with E-state index in [-0.39, 0.29) is 16.2 Å². The Morgan fingerprint density at radius 2 is 1.95 bits per heavy atom. The van der Waals surface area contributed by atoms with E-state index < -0.39 is 43.7 Å². The van der Waals surface area contributed by atoms with Gasteiger partial charge >= 0.3 is 12.1 Å². The van der Waals surface area contributed by atoms with Crippen molar-refractivity contribution in [3.8, 4) is 0 Å². The van der Waals surface area contributed by atoms with Crippen LogP contribution < -0.4 is 9.37 Å². The number of sulfonamides is 1. The summed E-state index contributed by atoms with van der Waals surface area (Å²) in [7, 11) is -3.50. The van der Waals surface area contributed by atoms with Gasteiger partial charge in [0.05, 0.1) is 11.2 Å². The SMILES string of the molecule is CN(c1ccc(S(=O)(=O)N(OC(=O)C(F)(F)F)c2cscn2)c(F)c1Cl)[C@H]1CCN(Cc2ccccc2)C1. The lowest BCUT2D eigenvalue weighted by Crippen LogP contribution is -2.39. The fraction of sp³-hybridized carbons (Fsp3) is 0.304. The standard InChI is InChI=1S/C23H21ClF4N4O4S2/c1-30(16-9-10-31(12-16)11-15-5-3-2-4-6-15)17-7-8-18(21(25)20(17)24)38(34,35)32(19-13-37-14-29-19)36-22(33)23(26,27)28/h2-8,13-14,16H,9-12H2,1H3/t16-/m0/s1. The lowest BCUT2D eigenvalue weighted by molar-refractivity contribution is -0.199. The molecule has 204 valence electrons. The van der Waals surface area contributed by atoms with Gasteiger partial charge in [0.1, 0.15) is 9.92 Å². The van der Waals surface area contributed by atoms with E-state index >= 15 is 4.39 Å². The smallest absolute Gasteiger partial charge is 0.369 e. The second-order valence-corrected chi connectivity index (χ2v) is 11.3. The van der Waals surface area contributed by atoms with Crippen LogP contribution in [-0.2, 0) is 26.2 Å². The zero-order valence-electron chi connectivity index (χ0n) is 19.7. The van der Waals surface area contributed by atoms with Crippen LogP contribution in [0.1, 0.15) is 12.0 Å². The highest BCUT2D eigenvalue weighted by Gasteiger charge is 2.46. The summed E-state index contributed by atoms with van der Waals surface area (Å²) in [6.07, 6.45) is -4.77. The summed E-state index contributed by atoms with van der Waals surface area (Å²) in [5.41, 5.74) is 2.44. The summed E-state index contributed by atoms with van der Waals surface area (Å²) < 4.78 is 79.7. The van der Waals surface area contributed by atoms with Gasteiger partial charge < -0.3 is 9.74 Å². The van der Waals surface area contributed by atoms with Crippen LogP contribution in [0.5, 0.6) is 0 Å². The number of nitrogens with zero attached hydrogens (tertiary/aromatic N) is 4. The minimum absolute atomic E-state index is 0.0580. The van der Waals surface area contributed by atoms with Crippen molar-refractivity contribution in [1.82, 2.24) is 9.88 Å². The van der Waals surface area contributed by atoms with Crippen molar-refractivity contribution in [3.63, 3.8) is 0 Å². The molecule has 2 heterocycles. The maximum Gasteiger partial charge on any atom is 0.493 e. The zero-order chi connectivity index (χ0) is 27.7. The number of aromatic nitrogens is 1. The van der Waals surface area contributed by atoms with Crippen molar-refractivity contribution < 1.29 is 35.6 Å². The molecule has 1 aliphatic heterocycles. The first kappa shape index (κ1) is 28.1. The molecule has 0 amide bonds. The predicted octanol–water partition coefficient (Wildman–Crippen LogP) is 4.86. The van der Waals surface area contributed by atoms with Gasteiger partial charge in [0.15, 0.2) is 11.6 Å². The molecule has 0 unspecified atom stereocenters. The summed E-state index contributed by atoms with van der Waals surface area (Å²) >= 11 is 7.06. The van der Waals surface area contributed by atoms with E-state index in [9.17, 15) is 26.4 Å².